The number of ether oxygens (including phenoxy) is 2. The maximum atomic E-state index is 13.2. The van der Waals surface area contributed by atoms with Crippen LogP contribution in [0.2, 0.25) is 0 Å². The molecule has 166 valence electrons. The summed E-state index contributed by atoms with van der Waals surface area (Å²) in [4.78, 5) is 23.8. The van der Waals surface area contributed by atoms with Gasteiger partial charge < -0.3 is 9.47 Å². The number of rotatable bonds is 7. The van der Waals surface area contributed by atoms with Crippen LogP contribution >= 0.6 is 0 Å². The second-order valence-electron chi connectivity index (χ2n) is 7.60. The predicted molar refractivity (Wildman–Crippen MR) is 115 cm³/mol. The van der Waals surface area contributed by atoms with Gasteiger partial charge in [-0.1, -0.05) is 30.3 Å². The highest BCUT2D eigenvalue weighted by molar-refractivity contribution is 7.89. The second kappa shape index (κ2) is 10.1. The van der Waals surface area contributed by atoms with Gasteiger partial charge in [0.2, 0.25) is 10.0 Å². The van der Waals surface area contributed by atoms with Crippen LogP contribution in [0.15, 0.2) is 53.4 Å². The largest absolute Gasteiger partial charge is 0.465 e. The van der Waals surface area contributed by atoms with Crippen molar-refractivity contribution in [3.63, 3.8) is 0 Å². The van der Waals surface area contributed by atoms with Crippen molar-refractivity contribution >= 4 is 22.0 Å². The molecule has 31 heavy (non-hydrogen) atoms. The van der Waals surface area contributed by atoms with Crippen LogP contribution < -0.4 is 0 Å². The van der Waals surface area contributed by atoms with Gasteiger partial charge in [-0.3, -0.25) is 0 Å². The molecule has 0 aromatic heterocycles. The average molecular weight is 446 g/mol. The maximum absolute atomic E-state index is 13.2. The molecule has 0 amide bonds. The quantitative estimate of drug-likeness (QED) is 0.608. The summed E-state index contributed by atoms with van der Waals surface area (Å²) in [6.45, 7) is 0.801. The van der Waals surface area contributed by atoms with Gasteiger partial charge in [-0.25, -0.2) is 18.0 Å². The number of piperidine rings is 1. The Kier molecular flexibility index (Phi) is 7.46. The lowest BCUT2D eigenvalue weighted by atomic mass is 9.91. The number of esters is 2. The van der Waals surface area contributed by atoms with Gasteiger partial charge in [0, 0.05) is 13.1 Å². The van der Waals surface area contributed by atoms with E-state index in [0.29, 0.717) is 19.0 Å². The lowest BCUT2D eigenvalue weighted by Gasteiger charge is -2.31. The Bertz CT molecular complexity index is 993. The first kappa shape index (κ1) is 23.0. The summed E-state index contributed by atoms with van der Waals surface area (Å²) < 4.78 is 37.3. The SMILES string of the molecule is COC(=O)c1cc(C(=O)OC)cc(S(=O)(=O)N2CCC(CCc3ccccc3)CC2)c1. The molecular weight excluding hydrogens is 418 g/mol. The van der Waals surface area contributed by atoms with E-state index in [2.05, 4.69) is 12.1 Å². The van der Waals surface area contributed by atoms with Gasteiger partial charge >= 0.3 is 11.9 Å². The van der Waals surface area contributed by atoms with Crippen molar-refractivity contribution in [3.8, 4) is 0 Å². The van der Waals surface area contributed by atoms with Gasteiger partial charge in [-0.15, -0.1) is 0 Å². The van der Waals surface area contributed by atoms with E-state index in [0.717, 1.165) is 25.7 Å². The molecule has 0 N–H and O–H groups in total. The minimum absolute atomic E-state index is 0.0123. The molecule has 0 radical (unpaired) electrons. The normalized spacial score (nSPS) is 15.4. The molecule has 7 nitrogen and oxygen atoms in total. The Labute approximate surface area is 183 Å². The summed E-state index contributed by atoms with van der Waals surface area (Å²) in [5.41, 5.74) is 1.26. The van der Waals surface area contributed by atoms with Gasteiger partial charge in [0.1, 0.15) is 0 Å². The summed E-state index contributed by atoms with van der Waals surface area (Å²) in [5.74, 6) is -0.984. The molecule has 1 fully saturated rings. The minimum atomic E-state index is -3.86. The van der Waals surface area contributed by atoms with E-state index in [9.17, 15) is 18.0 Å². The molecule has 0 saturated carbocycles. The summed E-state index contributed by atoms with van der Waals surface area (Å²) in [5, 5.41) is 0. The molecule has 1 saturated heterocycles. The van der Waals surface area contributed by atoms with Crippen molar-refractivity contribution < 1.29 is 27.5 Å². The molecule has 2 aromatic carbocycles. The first-order chi connectivity index (χ1) is 14.8. The van der Waals surface area contributed by atoms with Gasteiger partial charge in [-0.2, -0.15) is 4.31 Å². The van der Waals surface area contributed by atoms with E-state index in [1.54, 1.807) is 0 Å². The third kappa shape index (κ3) is 5.51. The van der Waals surface area contributed by atoms with E-state index in [1.165, 1.54) is 42.3 Å². The third-order valence-electron chi connectivity index (χ3n) is 5.64. The fourth-order valence-electron chi connectivity index (χ4n) is 3.82. The van der Waals surface area contributed by atoms with Crippen molar-refractivity contribution in [2.24, 2.45) is 5.92 Å². The molecular formula is C23H27NO6S. The minimum Gasteiger partial charge on any atom is -0.465 e. The standard InChI is InChI=1S/C23H27NO6S/c1-29-22(25)19-14-20(23(26)30-2)16-21(15-19)31(27,28)24-12-10-18(11-13-24)9-8-17-6-4-3-5-7-17/h3-7,14-16,18H,8-13H2,1-2H3. The van der Waals surface area contributed by atoms with E-state index in [-0.39, 0.29) is 16.0 Å². The van der Waals surface area contributed by atoms with Crippen molar-refractivity contribution in [2.75, 3.05) is 27.3 Å². The monoisotopic (exact) mass is 445 g/mol. The molecule has 2 aromatic rings. The number of hydrogen-bond donors (Lipinski definition) is 0. The van der Waals surface area contributed by atoms with E-state index in [4.69, 9.17) is 9.47 Å². The predicted octanol–water partition coefficient (Wildman–Crippen LogP) is 3.29. The summed E-state index contributed by atoms with van der Waals surface area (Å²) in [6, 6.07) is 14.0. The topological polar surface area (TPSA) is 90.0 Å². The molecule has 8 heteroatoms. The highest BCUT2D eigenvalue weighted by atomic mass is 32.2. The Morgan fingerprint density at radius 3 is 2.00 bits per heavy atom. The van der Waals surface area contributed by atoms with Gasteiger partial charge in [0.05, 0.1) is 30.2 Å². The molecule has 0 atom stereocenters. The third-order valence-corrected chi connectivity index (χ3v) is 7.52. The van der Waals surface area contributed by atoms with Crippen LogP contribution in [0.1, 0.15) is 45.5 Å². The molecule has 3 rings (SSSR count). The molecule has 1 aliphatic rings. The number of nitrogens with zero attached hydrogens (tertiary/aromatic N) is 1. The zero-order valence-electron chi connectivity index (χ0n) is 17.7. The fraction of sp³-hybridized carbons (Fsp3) is 0.391. The van der Waals surface area contributed by atoms with Crippen LogP contribution in [-0.4, -0.2) is 52.0 Å². The summed E-state index contributed by atoms with van der Waals surface area (Å²) in [7, 11) is -1.47. The van der Waals surface area contributed by atoms with Gasteiger partial charge in [0.15, 0.2) is 0 Å². The van der Waals surface area contributed by atoms with Crippen LogP contribution in [-0.2, 0) is 25.9 Å². The number of aryl methyl sites for hydroxylation is 1. The lowest BCUT2D eigenvalue weighted by Crippen LogP contribution is -2.38. The maximum Gasteiger partial charge on any atom is 0.337 e. The molecule has 0 unspecified atom stereocenters. The van der Waals surface area contributed by atoms with Crippen LogP contribution in [0.4, 0.5) is 0 Å². The van der Waals surface area contributed by atoms with Crippen molar-refractivity contribution in [1.29, 1.82) is 0 Å². The molecule has 0 aliphatic carbocycles. The van der Waals surface area contributed by atoms with E-state index >= 15 is 0 Å². The average Bonchev–Trinajstić information content (AvgIpc) is 2.82. The molecule has 0 spiro atoms. The Morgan fingerprint density at radius 1 is 0.935 bits per heavy atom. The Morgan fingerprint density at radius 2 is 1.48 bits per heavy atom. The van der Waals surface area contributed by atoms with Crippen LogP contribution in [0.25, 0.3) is 0 Å². The zero-order chi connectivity index (χ0) is 22.4. The van der Waals surface area contributed by atoms with Gasteiger partial charge in [0.25, 0.3) is 0 Å². The molecule has 1 heterocycles. The van der Waals surface area contributed by atoms with Crippen LogP contribution in [0.5, 0.6) is 0 Å². The number of sulfonamides is 1. The smallest absolute Gasteiger partial charge is 0.337 e. The number of carbonyl (C=O) groups is 2. The highest BCUT2D eigenvalue weighted by Gasteiger charge is 2.31. The van der Waals surface area contributed by atoms with Crippen LogP contribution in [0.3, 0.4) is 0 Å². The first-order valence-electron chi connectivity index (χ1n) is 10.2. The molecule has 0 bridgehead atoms. The van der Waals surface area contributed by atoms with E-state index < -0.39 is 22.0 Å². The number of carbonyl (C=O) groups excluding carboxylic acids is 2. The zero-order valence-corrected chi connectivity index (χ0v) is 18.6. The number of hydrogen-bond acceptors (Lipinski definition) is 6. The number of benzene rings is 2. The van der Waals surface area contributed by atoms with Crippen molar-refractivity contribution in [1.82, 2.24) is 4.31 Å². The number of methoxy groups -OCH3 is 2. The fourth-order valence-corrected chi connectivity index (χ4v) is 5.36. The second-order valence-corrected chi connectivity index (χ2v) is 9.54. The lowest BCUT2D eigenvalue weighted by molar-refractivity contribution is 0.0598. The highest BCUT2D eigenvalue weighted by Crippen LogP contribution is 2.28. The summed E-state index contributed by atoms with van der Waals surface area (Å²) in [6.07, 6.45) is 3.53. The molecule has 1 aliphatic heterocycles. The van der Waals surface area contributed by atoms with Crippen LogP contribution in [0, 0.1) is 5.92 Å². The van der Waals surface area contributed by atoms with E-state index in [1.807, 2.05) is 18.2 Å². The Hall–Kier alpha value is -2.71. The van der Waals surface area contributed by atoms with Crippen molar-refractivity contribution in [3.05, 3.63) is 65.2 Å². The van der Waals surface area contributed by atoms with Gasteiger partial charge in [-0.05, 0) is 55.4 Å². The Balaban J connectivity index is 1.73. The first-order valence-corrected chi connectivity index (χ1v) is 11.6. The van der Waals surface area contributed by atoms with Crippen molar-refractivity contribution in [2.45, 2.75) is 30.6 Å². The summed E-state index contributed by atoms with van der Waals surface area (Å²) >= 11 is 0.